The molecule has 1 aliphatic carbocycles. The number of ether oxygens (including phenoxy) is 1. The van der Waals surface area contributed by atoms with E-state index in [0.717, 1.165) is 50.2 Å². The molecule has 2 heteroatoms. The van der Waals surface area contributed by atoms with Crippen molar-refractivity contribution in [1.82, 2.24) is 4.98 Å². The topological polar surface area (TPSA) is 22.1 Å². The minimum Gasteiger partial charge on any atom is -0.457 e. The SMILES string of the molecule is c1ccc(-c2ccc(-c3c4ccccc4c(-c4ccc(-c5nc6ccccc6c6cc7c(cc56)-c5ccccc5C75c6ccccc6Oc6ccccc65)cc4)c4ccccc34)cc2)cc1. The van der Waals surface area contributed by atoms with E-state index in [1.807, 2.05) is 0 Å². The Hall–Kier alpha value is -8.59. The Labute approximate surface area is 382 Å². The smallest absolute Gasteiger partial charge is 0.132 e. The summed E-state index contributed by atoms with van der Waals surface area (Å²) >= 11 is 0. The average molecular weight is 838 g/mol. The van der Waals surface area contributed by atoms with E-state index in [0.29, 0.717) is 0 Å². The summed E-state index contributed by atoms with van der Waals surface area (Å²) < 4.78 is 6.65. The predicted molar refractivity (Wildman–Crippen MR) is 273 cm³/mol. The second kappa shape index (κ2) is 14.2. The normalized spacial score (nSPS) is 13.1. The Kier molecular flexibility index (Phi) is 7.93. The van der Waals surface area contributed by atoms with Crippen LogP contribution in [0.1, 0.15) is 22.3 Å². The van der Waals surface area contributed by atoms with Gasteiger partial charge in [-0.2, -0.15) is 0 Å². The third kappa shape index (κ3) is 5.21. The fourth-order valence-electron chi connectivity index (χ4n) is 11.5. The molecule has 0 fully saturated rings. The van der Waals surface area contributed by atoms with Gasteiger partial charge in [-0.25, -0.2) is 4.98 Å². The Morgan fingerprint density at radius 1 is 0.288 bits per heavy atom. The lowest BCUT2D eigenvalue weighted by Gasteiger charge is -2.39. The van der Waals surface area contributed by atoms with Gasteiger partial charge in [0.2, 0.25) is 0 Å². The van der Waals surface area contributed by atoms with Crippen molar-refractivity contribution in [3.8, 4) is 67.3 Å². The largest absolute Gasteiger partial charge is 0.457 e. The number of benzene rings is 11. The van der Waals surface area contributed by atoms with Gasteiger partial charge in [-0.05, 0) is 113 Å². The van der Waals surface area contributed by atoms with E-state index in [1.165, 1.54) is 82.6 Å². The highest BCUT2D eigenvalue weighted by Gasteiger charge is 2.51. The van der Waals surface area contributed by atoms with Crippen molar-refractivity contribution in [3.63, 3.8) is 0 Å². The fraction of sp³-hybridized carbons (Fsp3) is 0.0156. The molecule has 1 aliphatic heterocycles. The van der Waals surface area contributed by atoms with Crippen LogP contribution >= 0.6 is 0 Å². The lowest BCUT2D eigenvalue weighted by atomic mass is 9.66. The van der Waals surface area contributed by atoms with Crippen LogP contribution in [0.2, 0.25) is 0 Å². The first kappa shape index (κ1) is 36.8. The Bertz CT molecular complexity index is 3840. The van der Waals surface area contributed by atoms with Crippen LogP contribution in [0.3, 0.4) is 0 Å². The van der Waals surface area contributed by atoms with Crippen molar-refractivity contribution in [1.29, 1.82) is 0 Å². The molecule has 0 saturated heterocycles. The van der Waals surface area contributed by atoms with Gasteiger partial charge in [0.05, 0.1) is 16.6 Å². The summed E-state index contributed by atoms with van der Waals surface area (Å²) in [6, 6.07) is 86.2. The molecule has 0 atom stereocenters. The number of hydrogen-bond donors (Lipinski definition) is 0. The van der Waals surface area contributed by atoms with Crippen LogP contribution < -0.4 is 4.74 Å². The molecule has 306 valence electrons. The molecular weight excluding hydrogens is 799 g/mol. The van der Waals surface area contributed by atoms with Crippen LogP contribution in [0.5, 0.6) is 11.5 Å². The molecule has 14 rings (SSSR count). The quantitative estimate of drug-likeness (QED) is 0.130. The van der Waals surface area contributed by atoms with Crippen LogP contribution in [0.4, 0.5) is 0 Å². The maximum Gasteiger partial charge on any atom is 0.132 e. The summed E-state index contributed by atoms with van der Waals surface area (Å²) in [5.74, 6) is 1.79. The van der Waals surface area contributed by atoms with Gasteiger partial charge in [0, 0.05) is 27.5 Å². The minimum absolute atomic E-state index is 0.551. The molecule has 1 spiro atoms. The maximum atomic E-state index is 6.65. The first-order chi connectivity index (χ1) is 32.7. The van der Waals surface area contributed by atoms with Crippen LogP contribution in [0.15, 0.2) is 237 Å². The Balaban J connectivity index is 0.959. The van der Waals surface area contributed by atoms with Crippen molar-refractivity contribution < 1.29 is 4.74 Å². The summed E-state index contributed by atoms with van der Waals surface area (Å²) in [6.07, 6.45) is 0. The molecule has 66 heavy (non-hydrogen) atoms. The van der Waals surface area contributed by atoms with E-state index in [4.69, 9.17) is 9.72 Å². The van der Waals surface area contributed by atoms with Gasteiger partial charge in [0.1, 0.15) is 11.5 Å². The monoisotopic (exact) mass is 837 g/mol. The van der Waals surface area contributed by atoms with Crippen LogP contribution in [0, 0.1) is 0 Å². The van der Waals surface area contributed by atoms with E-state index < -0.39 is 5.41 Å². The molecule has 0 saturated carbocycles. The zero-order valence-electron chi connectivity index (χ0n) is 35.9. The maximum absolute atomic E-state index is 6.65. The Morgan fingerprint density at radius 3 is 1.35 bits per heavy atom. The molecule has 2 heterocycles. The number of para-hydroxylation sites is 3. The van der Waals surface area contributed by atoms with Gasteiger partial charge in [-0.1, -0.05) is 206 Å². The van der Waals surface area contributed by atoms with Gasteiger partial charge < -0.3 is 4.74 Å². The molecule has 0 radical (unpaired) electrons. The highest BCUT2D eigenvalue weighted by atomic mass is 16.5. The molecule has 12 aromatic rings. The summed E-state index contributed by atoms with van der Waals surface area (Å²) in [7, 11) is 0. The highest BCUT2D eigenvalue weighted by Crippen LogP contribution is 2.63. The second-order valence-corrected chi connectivity index (χ2v) is 17.7. The highest BCUT2D eigenvalue weighted by molar-refractivity contribution is 6.21. The average Bonchev–Trinajstić information content (AvgIpc) is 3.67. The van der Waals surface area contributed by atoms with Gasteiger partial charge in [0.15, 0.2) is 0 Å². The number of pyridine rings is 1. The van der Waals surface area contributed by atoms with Crippen molar-refractivity contribution in [2.24, 2.45) is 0 Å². The predicted octanol–water partition coefficient (Wildman–Crippen LogP) is 16.8. The van der Waals surface area contributed by atoms with Crippen molar-refractivity contribution >= 4 is 43.2 Å². The van der Waals surface area contributed by atoms with E-state index >= 15 is 0 Å². The lowest BCUT2D eigenvalue weighted by molar-refractivity contribution is 0.436. The molecule has 2 nitrogen and oxygen atoms in total. The molecule has 2 aliphatic rings. The number of fused-ring (bicyclic) bond motifs is 14. The van der Waals surface area contributed by atoms with Crippen molar-refractivity contribution in [3.05, 3.63) is 259 Å². The number of aromatic nitrogens is 1. The number of hydrogen-bond acceptors (Lipinski definition) is 2. The zero-order chi connectivity index (χ0) is 43.3. The second-order valence-electron chi connectivity index (χ2n) is 17.7. The summed E-state index contributed by atoms with van der Waals surface area (Å²) in [5.41, 5.74) is 17.2. The third-order valence-corrected chi connectivity index (χ3v) is 14.3. The Morgan fingerprint density at radius 2 is 0.742 bits per heavy atom. The van der Waals surface area contributed by atoms with Crippen molar-refractivity contribution in [2.75, 3.05) is 0 Å². The first-order valence-corrected chi connectivity index (χ1v) is 22.8. The lowest BCUT2D eigenvalue weighted by Crippen LogP contribution is -2.32. The molecule has 0 amide bonds. The van der Waals surface area contributed by atoms with Gasteiger partial charge in [-0.3, -0.25) is 0 Å². The first-order valence-electron chi connectivity index (χ1n) is 22.8. The third-order valence-electron chi connectivity index (χ3n) is 14.3. The fourth-order valence-corrected chi connectivity index (χ4v) is 11.5. The number of rotatable bonds is 4. The standard InChI is InChI=1S/C64H39NO/c1-2-16-40(17-3-1)41-30-32-42(33-31-41)61-47-20-4-6-22-49(47)62(50-23-7-5-21-48(50)61)43-34-36-44(37-35-43)63-53-38-52-45-18-8-10-24-54(45)64(57(52)39-51(53)46-19-9-13-27-58(46)65-63)55-25-11-14-28-59(55)66-60-29-15-12-26-56(60)64/h1-39H. The minimum atomic E-state index is -0.551. The summed E-state index contributed by atoms with van der Waals surface area (Å²) in [5, 5.41) is 8.43. The number of nitrogens with zero attached hydrogens (tertiary/aromatic N) is 1. The van der Waals surface area contributed by atoms with E-state index in [9.17, 15) is 0 Å². The molecular formula is C64H39NO. The molecule has 0 N–H and O–H groups in total. The van der Waals surface area contributed by atoms with Gasteiger partial charge >= 0.3 is 0 Å². The zero-order valence-corrected chi connectivity index (χ0v) is 35.9. The summed E-state index contributed by atoms with van der Waals surface area (Å²) in [4.78, 5) is 5.48. The van der Waals surface area contributed by atoms with Crippen LogP contribution in [-0.2, 0) is 5.41 Å². The molecule has 1 aromatic heterocycles. The van der Waals surface area contributed by atoms with Gasteiger partial charge in [0.25, 0.3) is 0 Å². The molecule has 0 bridgehead atoms. The van der Waals surface area contributed by atoms with Crippen LogP contribution in [-0.4, -0.2) is 4.98 Å². The van der Waals surface area contributed by atoms with Gasteiger partial charge in [-0.15, -0.1) is 0 Å². The van der Waals surface area contributed by atoms with E-state index in [2.05, 4.69) is 237 Å². The van der Waals surface area contributed by atoms with Crippen LogP contribution in [0.25, 0.3) is 99.0 Å². The van der Waals surface area contributed by atoms with Crippen molar-refractivity contribution in [2.45, 2.75) is 5.41 Å². The molecule has 11 aromatic carbocycles. The van der Waals surface area contributed by atoms with E-state index in [-0.39, 0.29) is 0 Å². The summed E-state index contributed by atoms with van der Waals surface area (Å²) in [6.45, 7) is 0. The van der Waals surface area contributed by atoms with E-state index in [1.54, 1.807) is 0 Å². The molecule has 0 unspecified atom stereocenters.